The first-order valence-corrected chi connectivity index (χ1v) is 2.64. The van der Waals surface area contributed by atoms with Crippen LogP contribution >= 0.6 is 0 Å². The Morgan fingerprint density at radius 3 is 2.38 bits per heavy atom. The van der Waals surface area contributed by atoms with E-state index in [9.17, 15) is 4.79 Å². The molecule has 0 bridgehead atoms. The summed E-state index contributed by atoms with van der Waals surface area (Å²) in [6.07, 6.45) is 1.68. The molecule has 3 radical (unpaired) electrons. The highest BCUT2D eigenvalue weighted by Crippen LogP contribution is 1.91. The van der Waals surface area contributed by atoms with Gasteiger partial charge < -0.3 is 4.43 Å². The first-order chi connectivity index (χ1) is 3.72. The Morgan fingerprint density at radius 2 is 2.25 bits per heavy atom. The molecule has 43 valence electrons. The molecule has 0 heterocycles. The van der Waals surface area contributed by atoms with Gasteiger partial charge in [-0.05, 0) is 13.8 Å². The van der Waals surface area contributed by atoms with Gasteiger partial charge in [0.05, 0.1) is 0 Å². The monoisotopic (exact) mass is 127 g/mol. The Bertz CT molecular complexity index is 118. The molecule has 0 aromatic heterocycles. The molecule has 0 atom stereocenters. The third kappa shape index (κ3) is 1.93. The summed E-state index contributed by atoms with van der Waals surface area (Å²) in [5, 5.41) is 0. The van der Waals surface area contributed by atoms with Crippen LogP contribution in [0.15, 0.2) is 11.6 Å². The van der Waals surface area contributed by atoms with Crippen LogP contribution in [0.1, 0.15) is 13.8 Å². The van der Waals surface area contributed by atoms with E-state index in [1.807, 2.05) is 0 Å². The second kappa shape index (κ2) is 3.43. The smallest absolute Gasteiger partial charge is 0.345 e. The van der Waals surface area contributed by atoms with Gasteiger partial charge in [-0.25, -0.2) is 4.79 Å². The average molecular weight is 127 g/mol. The predicted molar refractivity (Wildman–Crippen MR) is 31.3 cm³/mol. The van der Waals surface area contributed by atoms with Crippen LogP contribution in [-0.2, 0) is 9.22 Å². The largest absolute Gasteiger partial charge is 0.513 e. The minimum absolute atomic E-state index is 0.343. The fourth-order valence-electron chi connectivity index (χ4n) is 0.198. The van der Waals surface area contributed by atoms with Crippen molar-refractivity contribution in [1.82, 2.24) is 0 Å². The van der Waals surface area contributed by atoms with Crippen molar-refractivity contribution in [2.75, 3.05) is 0 Å². The van der Waals surface area contributed by atoms with Crippen LogP contribution in [0, 0.1) is 0 Å². The molecule has 0 saturated heterocycles. The molecule has 0 aromatic carbocycles. The Balaban J connectivity index is 3.83. The second-order valence-electron chi connectivity index (χ2n) is 1.36. The third-order valence-electron chi connectivity index (χ3n) is 0.848. The van der Waals surface area contributed by atoms with Crippen LogP contribution in [0.25, 0.3) is 0 Å². The van der Waals surface area contributed by atoms with Gasteiger partial charge in [0.2, 0.25) is 0 Å². The summed E-state index contributed by atoms with van der Waals surface area (Å²) >= 11 is 0. The van der Waals surface area contributed by atoms with E-state index in [2.05, 4.69) is 14.9 Å². The van der Waals surface area contributed by atoms with Crippen molar-refractivity contribution in [3.63, 3.8) is 0 Å². The maximum Gasteiger partial charge on any atom is 0.345 e. The summed E-state index contributed by atoms with van der Waals surface area (Å²) in [5.74, 6) is -0.343. The summed E-state index contributed by atoms with van der Waals surface area (Å²) in [7, 11) is 2.61. The van der Waals surface area contributed by atoms with Crippen molar-refractivity contribution >= 4 is 16.5 Å². The quantitative estimate of drug-likeness (QED) is 0.380. The summed E-state index contributed by atoms with van der Waals surface area (Å²) in [4.78, 5) is 10.4. The zero-order chi connectivity index (χ0) is 6.57. The molecule has 0 fully saturated rings. The molecule has 8 heavy (non-hydrogen) atoms. The maximum atomic E-state index is 10.4. The Kier molecular flexibility index (Phi) is 3.19. The fraction of sp³-hybridized carbons (Fsp3) is 0.400. The average Bonchev–Trinajstić information content (AvgIpc) is 1.84. The highest BCUT2D eigenvalue weighted by molar-refractivity contribution is 6.08. The minimum atomic E-state index is -0.343. The normalized spacial score (nSPS) is 11.1. The summed E-state index contributed by atoms with van der Waals surface area (Å²) < 4.78 is 4.20. The first-order valence-electron chi connectivity index (χ1n) is 2.23. The maximum absolute atomic E-state index is 10.4. The van der Waals surface area contributed by atoms with E-state index in [1.165, 1.54) is 0 Å². The van der Waals surface area contributed by atoms with E-state index >= 15 is 0 Å². The lowest BCUT2D eigenvalue weighted by molar-refractivity contribution is -0.129. The van der Waals surface area contributed by atoms with Crippen LogP contribution in [0.3, 0.4) is 0 Å². The highest BCUT2D eigenvalue weighted by Gasteiger charge is 1.97. The molecule has 0 amide bonds. The van der Waals surface area contributed by atoms with Crippen LogP contribution in [-0.4, -0.2) is 16.5 Å². The van der Waals surface area contributed by atoms with Crippen molar-refractivity contribution in [2.24, 2.45) is 0 Å². The molecule has 0 saturated carbocycles. The molecular weight excluding hydrogens is 120 g/mol. The molecule has 0 rings (SSSR count). The van der Waals surface area contributed by atoms with Gasteiger partial charge in [-0.2, -0.15) is 0 Å². The van der Waals surface area contributed by atoms with E-state index in [1.54, 1.807) is 19.9 Å². The number of allylic oxidation sites excluding steroid dienone is 1. The number of rotatable bonds is 1. The highest BCUT2D eigenvalue weighted by atomic mass is 28.2. The van der Waals surface area contributed by atoms with E-state index in [4.69, 9.17) is 0 Å². The summed E-state index contributed by atoms with van der Waals surface area (Å²) in [6.45, 7) is 3.46. The molecule has 0 N–H and O–H groups in total. The fourth-order valence-corrected chi connectivity index (χ4v) is 0.359. The summed E-state index contributed by atoms with van der Waals surface area (Å²) in [5.41, 5.74) is 0.597. The van der Waals surface area contributed by atoms with Gasteiger partial charge in [0, 0.05) is 5.57 Å². The number of hydrogen-bond acceptors (Lipinski definition) is 2. The number of carbonyl (C=O) groups excluding carboxylic acids is 1. The van der Waals surface area contributed by atoms with Gasteiger partial charge in [-0.15, -0.1) is 0 Å². The van der Waals surface area contributed by atoms with Gasteiger partial charge >= 0.3 is 16.5 Å². The van der Waals surface area contributed by atoms with Gasteiger partial charge in [-0.1, -0.05) is 6.08 Å². The van der Waals surface area contributed by atoms with Crippen molar-refractivity contribution < 1.29 is 9.22 Å². The molecule has 3 heteroatoms. The number of carbonyl (C=O) groups is 1. The van der Waals surface area contributed by atoms with Crippen molar-refractivity contribution in [2.45, 2.75) is 13.8 Å². The lowest BCUT2D eigenvalue weighted by atomic mass is 10.3. The zero-order valence-electron chi connectivity index (χ0n) is 4.89. The van der Waals surface area contributed by atoms with Crippen molar-refractivity contribution in [3.05, 3.63) is 11.6 Å². The molecule has 0 aromatic rings. The molecule has 0 aliphatic carbocycles. The van der Waals surface area contributed by atoms with Gasteiger partial charge in [0.15, 0.2) is 0 Å². The summed E-state index contributed by atoms with van der Waals surface area (Å²) in [6, 6.07) is 0. The third-order valence-corrected chi connectivity index (χ3v) is 1.03. The van der Waals surface area contributed by atoms with Crippen LogP contribution < -0.4 is 0 Å². The molecule has 0 spiro atoms. The van der Waals surface area contributed by atoms with E-state index < -0.39 is 0 Å². The Morgan fingerprint density at radius 1 is 1.75 bits per heavy atom. The van der Waals surface area contributed by atoms with Crippen LogP contribution in [0.4, 0.5) is 0 Å². The molecular formula is C5H7O2Si. The van der Waals surface area contributed by atoms with Crippen molar-refractivity contribution in [1.29, 1.82) is 0 Å². The second-order valence-corrected chi connectivity index (χ2v) is 1.57. The van der Waals surface area contributed by atoms with Gasteiger partial charge in [0.1, 0.15) is 0 Å². The van der Waals surface area contributed by atoms with E-state index in [0.29, 0.717) is 5.57 Å². The van der Waals surface area contributed by atoms with Crippen LogP contribution in [0.2, 0.25) is 0 Å². The zero-order valence-corrected chi connectivity index (χ0v) is 5.89. The Hall–Kier alpha value is -0.573. The molecule has 0 aliphatic rings. The molecule has 0 unspecified atom stereocenters. The lowest BCUT2D eigenvalue weighted by Crippen LogP contribution is -2.01. The molecule has 0 aliphatic heterocycles. The lowest BCUT2D eigenvalue weighted by Gasteiger charge is -1.93. The topological polar surface area (TPSA) is 26.3 Å². The van der Waals surface area contributed by atoms with Gasteiger partial charge in [0.25, 0.3) is 0 Å². The predicted octanol–water partition coefficient (Wildman–Crippen LogP) is 0.579. The number of hydrogen-bond donors (Lipinski definition) is 0. The van der Waals surface area contributed by atoms with Crippen molar-refractivity contribution in [3.8, 4) is 0 Å². The van der Waals surface area contributed by atoms with E-state index in [0.717, 1.165) is 0 Å². The molecule has 2 nitrogen and oxygen atoms in total. The Labute approximate surface area is 52.1 Å². The van der Waals surface area contributed by atoms with Crippen LogP contribution in [0.5, 0.6) is 0 Å². The first kappa shape index (κ1) is 7.43. The SMILES string of the molecule is C/C=C(\C)C(=O)O[Si]. The van der Waals surface area contributed by atoms with Gasteiger partial charge in [-0.3, -0.25) is 0 Å². The minimum Gasteiger partial charge on any atom is -0.513 e. The van der Waals surface area contributed by atoms with E-state index in [-0.39, 0.29) is 5.97 Å². The standard InChI is InChI=1S/C5H7O2Si/c1-3-4(2)5(6)7-8/h3H,1-2H3/b4-3+.